The number of nitrogens with one attached hydrogen (secondary N) is 1. The van der Waals surface area contributed by atoms with E-state index >= 15 is 0 Å². The molecule has 0 saturated heterocycles. The van der Waals surface area contributed by atoms with Gasteiger partial charge in [-0.15, -0.1) is 0 Å². The standard InChI is InChI=1S/C18H31N/c1-6-10-18(16-11-8-7-9-12-16)19-13-17(14(2)3)15(4)5/h7-9,11-12,14-15,17-19H,6,10,13H2,1-5H3. The summed E-state index contributed by atoms with van der Waals surface area (Å²) in [6.07, 6.45) is 2.44. The molecule has 1 unspecified atom stereocenters. The van der Waals surface area contributed by atoms with Crippen LogP contribution >= 0.6 is 0 Å². The summed E-state index contributed by atoms with van der Waals surface area (Å²) in [5.41, 5.74) is 1.43. The normalized spacial score (nSPS) is 13.5. The number of rotatable bonds is 8. The Kier molecular flexibility index (Phi) is 7.15. The second-order valence-electron chi connectivity index (χ2n) is 6.31. The summed E-state index contributed by atoms with van der Waals surface area (Å²) in [5, 5.41) is 3.80. The first-order valence-corrected chi connectivity index (χ1v) is 7.84. The minimum absolute atomic E-state index is 0.506. The van der Waals surface area contributed by atoms with E-state index in [1.165, 1.54) is 18.4 Å². The van der Waals surface area contributed by atoms with Gasteiger partial charge in [-0.25, -0.2) is 0 Å². The molecule has 0 spiro atoms. The van der Waals surface area contributed by atoms with Crippen molar-refractivity contribution in [3.8, 4) is 0 Å². The minimum Gasteiger partial charge on any atom is -0.310 e. The lowest BCUT2D eigenvalue weighted by Gasteiger charge is -2.28. The van der Waals surface area contributed by atoms with Gasteiger partial charge in [-0.05, 0) is 36.3 Å². The van der Waals surface area contributed by atoms with E-state index in [9.17, 15) is 0 Å². The van der Waals surface area contributed by atoms with Crippen LogP contribution in [0.25, 0.3) is 0 Å². The van der Waals surface area contributed by atoms with Crippen molar-refractivity contribution in [2.45, 2.75) is 53.5 Å². The molecule has 108 valence electrons. The summed E-state index contributed by atoms with van der Waals surface area (Å²) in [7, 11) is 0. The van der Waals surface area contributed by atoms with Crippen LogP contribution in [0.3, 0.4) is 0 Å². The average molecular weight is 261 g/mol. The van der Waals surface area contributed by atoms with Gasteiger partial charge in [0.2, 0.25) is 0 Å². The largest absolute Gasteiger partial charge is 0.310 e. The van der Waals surface area contributed by atoms with Crippen LogP contribution in [-0.2, 0) is 0 Å². The van der Waals surface area contributed by atoms with E-state index in [0.717, 1.165) is 24.3 Å². The Morgan fingerprint density at radius 1 is 0.947 bits per heavy atom. The van der Waals surface area contributed by atoms with Gasteiger partial charge in [0.25, 0.3) is 0 Å². The molecule has 1 rings (SSSR count). The van der Waals surface area contributed by atoms with Crippen LogP contribution in [0.4, 0.5) is 0 Å². The van der Waals surface area contributed by atoms with Gasteiger partial charge in [0, 0.05) is 6.04 Å². The van der Waals surface area contributed by atoms with Crippen LogP contribution in [-0.4, -0.2) is 6.54 Å². The van der Waals surface area contributed by atoms with Gasteiger partial charge in [-0.3, -0.25) is 0 Å². The molecule has 0 amide bonds. The van der Waals surface area contributed by atoms with E-state index in [2.05, 4.69) is 70.3 Å². The third kappa shape index (κ3) is 5.36. The van der Waals surface area contributed by atoms with E-state index in [1.54, 1.807) is 0 Å². The molecule has 1 N–H and O–H groups in total. The number of hydrogen-bond donors (Lipinski definition) is 1. The van der Waals surface area contributed by atoms with Gasteiger partial charge in [0.15, 0.2) is 0 Å². The molecule has 19 heavy (non-hydrogen) atoms. The molecule has 0 fully saturated rings. The van der Waals surface area contributed by atoms with Crippen molar-refractivity contribution >= 4 is 0 Å². The van der Waals surface area contributed by atoms with E-state index in [-0.39, 0.29) is 0 Å². The molecular weight excluding hydrogens is 230 g/mol. The van der Waals surface area contributed by atoms with Crippen LogP contribution in [0.1, 0.15) is 59.1 Å². The lowest BCUT2D eigenvalue weighted by Crippen LogP contribution is -2.32. The molecule has 0 heterocycles. The van der Waals surface area contributed by atoms with Crippen molar-refractivity contribution in [2.75, 3.05) is 6.54 Å². The maximum absolute atomic E-state index is 3.80. The van der Waals surface area contributed by atoms with Crippen LogP contribution < -0.4 is 5.32 Å². The first-order chi connectivity index (χ1) is 9.06. The van der Waals surface area contributed by atoms with Gasteiger partial charge < -0.3 is 5.32 Å². The highest BCUT2D eigenvalue weighted by Gasteiger charge is 2.19. The summed E-state index contributed by atoms with van der Waals surface area (Å²) in [6.45, 7) is 12.7. The third-order valence-electron chi connectivity index (χ3n) is 4.09. The quantitative estimate of drug-likeness (QED) is 0.691. The van der Waals surface area contributed by atoms with Crippen molar-refractivity contribution in [1.29, 1.82) is 0 Å². The van der Waals surface area contributed by atoms with Crippen LogP contribution in [0, 0.1) is 17.8 Å². The van der Waals surface area contributed by atoms with E-state index in [0.29, 0.717) is 6.04 Å². The van der Waals surface area contributed by atoms with Gasteiger partial charge in [-0.1, -0.05) is 71.4 Å². The van der Waals surface area contributed by atoms with E-state index < -0.39 is 0 Å². The zero-order chi connectivity index (χ0) is 14.3. The minimum atomic E-state index is 0.506. The zero-order valence-electron chi connectivity index (χ0n) is 13.3. The Balaban J connectivity index is 2.64. The molecule has 1 nitrogen and oxygen atoms in total. The highest BCUT2D eigenvalue weighted by molar-refractivity contribution is 5.18. The Labute approximate surface area is 119 Å². The lowest BCUT2D eigenvalue weighted by molar-refractivity contribution is 0.263. The highest BCUT2D eigenvalue weighted by Crippen LogP contribution is 2.23. The molecule has 0 aliphatic rings. The van der Waals surface area contributed by atoms with E-state index in [4.69, 9.17) is 0 Å². The smallest absolute Gasteiger partial charge is 0.0320 e. The van der Waals surface area contributed by atoms with Crippen molar-refractivity contribution in [1.82, 2.24) is 5.32 Å². The Hall–Kier alpha value is -0.820. The van der Waals surface area contributed by atoms with Crippen molar-refractivity contribution in [3.63, 3.8) is 0 Å². The maximum atomic E-state index is 3.80. The van der Waals surface area contributed by atoms with Crippen LogP contribution in [0.2, 0.25) is 0 Å². The van der Waals surface area contributed by atoms with Gasteiger partial charge in [0.1, 0.15) is 0 Å². The van der Waals surface area contributed by atoms with Crippen LogP contribution in [0.15, 0.2) is 30.3 Å². The van der Waals surface area contributed by atoms with Gasteiger partial charge >= 0.3 is 0 Å². The molecule has 0 bridgehead atoms. The first-order valence-electron chi connectivity index (χ1n) is 7.84. The predicted molar refractivity (Wildman–Crippen MR) is 85.3 cm³/mol. The average Bonchev–Trinajstić information content (AvgIpc) is 2.38. The molecule has 1 aromatic carbocycles. The first kappa shape index (κ1) is 16.2. The summed E-state index contributed by atoms with van der Waals surface area (Å²) in [6, 6.07) is 11.4. The molecular formula is C18H31N. The second kappa shape index (κ2) is 8.37. The summed E-state index contributed by atoms with van der Waals surface area (Å²) < 4.78 is 0. The number of hydrogen-bond acceptors (Lipinski definition) is 1. The van der Waals surface area contributed by atoms with Gasteiger partial charge in [0.05, 0.1) is 0 Å². The summed E-state index contributed by atoms with van der Waals surface area (Å²) in [5.74, 6) is 2.24. The van der Waals surface area contributed by atoms with Crippen molar-refractivity contribution in [3.05, 3.63) is 35.9 Å². The fraction of sp³-hybridized carbons (Fsp3) is 0.667. The zero-order valence-corrected chi connectivity index (χ0v) is 13.3. The second-order valence-corrected chi connectivity index (χ2v) is 6.31. The monoisotopic (exact) mass is 261 g/mol. The number of benzene rings is 1. The molecule has 1 aromatic rings. The summed E-state index contributed by atoms with van der Waals surface area (Å²) >= 11 is 0. The maximum Gasteiger partial charge on any atom is 0.0320 e. The van der Waals surface area contributed by atoms with Crippen molar-refractivity contribution in [2.24, 2.45) is 17.8 Å². The molecule has 1 heteroatoms. The fourth-order valence-electron chi connectivity index (χ4n) is 2.88. The topological polar surface area (TPSA) is 12.0 Å². The Morgan fingerprint density at radius 3 is 2.00 bits per heavy atom. The Bertz CT molecular complexity index is 321. The van der Waals surface area contributed by atoms with E-state index in [1.807, 2.05) is 0 Å². The molecule has 0 aliphatic carbocycles. The van der Waals surface area contributed by atoms with Gasteiger partial charge in [-0.2, -0.15) is 0 Å². The van der Waals surface area contributed by atoms with Crippen molar-refractivity contribution < 1.29 is 0 Å². The molecule has 0 saturated carbocycles. The summed E-state index contributed by atoms with van der Waals surface area (Å²) in [4.78, 5) is 0. The predicted octanol–water partition coefficient (Wildman–Crippen LogP) is 5.05. The van der Waals surface area contributed by atoms with Crippen LogP contribution in [0.5, 0.6) is 0 Å². The third-order valence-corrected chi connectivity index (χ3v) is 4.09. The fourth-order valence-corrected chi connectivity index (χ4v) is 2.88. The molecule has 0 radical (unpaired) electrons. The molecule has 0 aromatic heterocycles. The lowest BCUT2D eigenvalue weighted by atomic mass is 9.85. The molecule has 1 atom stereocenters. The highest BCUT2D eigenvalue weighted by atomic mass is 14.9. The molecule has 0 aliphatic heterocycles. The SMILES string of the molecule is CCCC(NCC(C(C)C)C(C)C)c1ccccc1. The Morgan fingerprint density at radius 2 is 1.53 bits per heavy atom.